The van der Waals surface area contributed by atoms with Gasteiger partial charge in [-0.15, -0.1) is 0 Å². The maximum atomic E-state index is 12.3. The number of hydrazone groups is 1. The molecule has 0 aliphatic carbocycles. The predicted molar refractivity (Wildman–Crippen MR) is 116 cm³/mol. The van der Waals surface area contributed by atoms with Gasteiger partial charge >= 0.3 is 5.97 Å². The largest absolute Gasteiger partial charge is 0.496 e. The van der Waals surface area contributed by atoms with Crippen LogP contribution < -0.4 is 10.2 Å². The van der Waals surface area contributed by atoms with Gasteiger partial charge in [0.05, 0.1) is 31.1 Å². The average Bonchev–Trinajstić information content (AvgIpc) is 3.23. The maximum absolute atomic E-state index is 12.3. The Hall–Kier alpha value is -3.39. The number of halogens is 1. The molecule has 0 unspecified atom stereocenters. The summed E-state index contributed by atoms with van der Waals surface area (Å²) in [6.07, 6.45) is 1.40. The Morgan fingerprint density at radius 1 is 1.13 bits per heavy atom. The molecule has 0 fully saturated rings. The summed E-state index contributed by atoms with van der Waals surface area (Å²) in [7, 11) is 1.49. The third kappa shape index (κ3) is 5.15. The van der Waals surface area contributed by atoms with Crippen molar-refractivity contribution in [2.75, 3.05) is 13.7 Å². The average molecular weight is 471 g/mol. The highest BCUT2D eigenvalue weighted by atomic mass is 79.9. The Labute approximate surface area is 181 Å². The van der Waals surface area contributed by atoms with Crippen molar-refractivity contribution in [3.05, 3.63) is 76.0 Å². The zero-order valence-corrected chi connectivity index (χ0v) is 17.9. The van der Waals surface area contributed by atoms with Gasteiger partial charge in [-0.3, -0.25) is 4.79 Å². The van der Waals surface area contributed by atoms with Crippen molar-refractivity contribution >= 4 is 34.0 Å². The molecule has 154 valence electrons. The summed E-state index contributed by atoms with van der Waals surface area (Å²) in [5, 5.41) is 3.94. The van der Waals surface area contributed by atoms with Gasteiger partial charge in [0.15, 0.2) is 0 Å². The monoisotopic (exact) mass is 470 g/mol. The lowest BCUT2D eigenvalue weighted by atomic mass is 10.1. The van der Waals surface area contributed by atoms with Gasteiger partial charge in [0.2, 0.25) is 0 Å². The topological polar surface area (TPSA) is 90.1 Å². The number of carbonyl (C=O) groups excluding carboxylic acids is 2. The third-order valence-corrected chi connectivity index (χ3v) is 4.56. The zero-order chi connectivity index (χ0) is 21.5. The number of furan rings is 1. The lowest BCUT2D eigenvalue weighted by Gasteiger charge is -2.07. The quantitative estimate of drug-likeness (QED) is 0.308. The van der Waals surface area contributed by atoms with Crippen LogP contribution in [0.2, 0.25) is 0 Å². The van der Waals surface area contributed by atoms with Crippen LogP contribution in [0, 0.1) is 0 Å². The minimum absolute atomic E-state index is 0.326. The molecule has 3 aromatic rings. The molecule has 0 saturated heterocycles. The van der Waals surface area contributed by atoms with Crippen LogP contribution in [0.4, 0.5) is 0 Å². The van der Waals surface area contributed by atoms with Gasteiger partial charge in [-0.2, -0.15) is 5.10 Å². The van der Waals surface area contributed by atoms with Gasteiger partial charge in [0.25, 0.3) is 5.91 Å². The molecule has 0 saturated carbocycles. The van der Waals surface area contributed by atoms with Crippen LogP contribution in [0.15, 0.2) is 68.6 Å². The first kappa shape index (κ1) is 21.3. The summed E-state index contributed by atoms with van der Waals surface area (Å²) in [6, 6.07) is 15.5. The van der Waals surface area contributed by atoms with E-state index in [1.807, 2.05) is 0 Å². The van der Waals surface area contributed by atoms with E-state index in [1.54, 1.807) is 61.5 Å². The maximum Gasteiger partial charge on any atom is 0.338 e. The number of rotatable bonds is 7. The Morgan fingerprint density at radius 3 is 2.60 bits per heavy atom. The van der Waals surface area contributed by atoms with Crippen molar-refractivity contribution in [2.24, 2.45) is 5.10 Å². The highest BCUT2D eigenvalue weighted by Crippen LogP contribution is 2.23. The van der Waals surface area contributed by atoms with Crippen LogP contribution in [0.25, 0.3) is 11.3 Å². The molecule has 2 aromatic carbocycles. The number of nitrogens with zero attached hydrogens (tertiary/aromatic N) is 1. The van der Waals surface area contributed by atoms with Gasteiger partial charge in [0.1, 0.15) is 17.3 Å². The van der Waals surface area contributed by atoms with Crippen molar-refractivity contribution in [1.29, 1.82) is 0 Å². The summed E-state index contributed by atoms with van der Waals surface area (Å²) in [6.45, 7) is 2.09. The summed E-state index contributed by atoms with van der Waals surface area (Å²) in [5.74, 6) is 0.727. The van der Waals surface area contributed by atoms with Gasteiger partial charge in [-0.1, -0.05) is 28.1 Å². The molecular formula is C22H19BrN2O5. The molecule has 7 nitrogen and oxygen atoms in total. The van der Waals surface area contributed by atoms with Crippen LogP contribution in [0.3, 0.4) is 0 Å². The fourth-order valence-electron chi connectivity index (χ4n) is 2.63. The first-order chi connectivity index (χ1) is 14.5. The highest BCUT2D eigenvalue weighted by molar-refractivity contribution is 9.10. The number of carbonyl (C=O) groups is 2. The van der Waals surface area contributed by atoms with Crippen molar-refractivity contribution in [3.63, 3.8) is 0 Å². The lowest BCUT2D eigenvalue weighted by molar-refractivity contribution is 0.0526. The van der Waals surface area contributed by atoms with Crippen LogP contribution in [0.5, 0.6) is 5.75 Å². The minimum atomic E-state index is -0.411. The number of amides is 1. The van der Waals surface area contributed by atoms with Gasteiger partial charge < -0.3 is 13.9 Å². The second kappa shape index (κ2) is 9.89. The van der Waals surface area contributed by atoms with Crippen LogP contribution in [-0.4, -0.2) is 31.8 Å². The van der Waals surface area contributed by atoms with E-state index in [2.05, 4.69) is 26.5 Å². The van der Waals surface area contributed by atoms with Crippen molar-refractivity contribution in [1.82, 2.24) is 5.43 Å². The van der Waals surface area contributed by atoms with Gasteiger partial charge in [-0.05, 0) is 49.4 Å². The Bertz CT molecular complexity index is 1070. The summed E-state index contributed by atoms with van der Waals surface area (Å²) in [5.41, 5.74) is 4.07. The van der Waals surface area contributed by atoms with Crippen LogP contribution in [-0.2, 0) is 4.74 Å². The fourth-order valence-corrected chi connectivity index (χ4v) is 3.00. The zero-order valence-electron chi connectivity index (χ0n) is 16.3. The number of methoxy groups -OCH3 is 1. The van der Waals surface area contributed by atoms with E-state index in [0.29, 0.717) is 35.0 Å². The van der Waals surface area contributed by atoms with Crippen molar-refractivity contribution in [3.8, 4) is 17.1 Å². The first-order valence-corrected chi connectivity index (χ1v) is 9.85. The molecule has 1 aromatic heterocycles. The molecule has 1 amide bonds. The van der Waals surface area contributed by atoms with E-state index in [-0.39, 0.29) is 5.97 Å². The summed E-state index contributed by atoms with van der Waals surface area (Å²) >= 11 is 3.33. The third-order valence-electron chi connectivity index (χ3n) is 4.07. The molecule has 0 bridgehead atoms. The van der Waals surface area contributed by atoms with E-state index >= 15 is 0 Å². The van der Waals surface area contributed by atoms with Crippen LogP contribution in [0.1, 0.15) is 33.4 Å². The Kier molecular flexibility index (Phi) is 7.03. The van der Waals surface area contributed by atoms with Gasteiger partial charge in [0, 0.05) is 10.0 Å². The molecule has 8 heteroatoms. The molecule has 1 heterocycles. The standard InChI is InChI=1S/C22H19BrN2O5/c1-3-29-22(27)15-6-4-14(5-7-15)19-11-9-17(30-19)13-24-25-21(26)18-12-16(23)8-10-20(18)28-2/h4-13H,3H2,1-2H3,(H,25,26)/b24-13+. The SMILES string of the molecule is CCOC(=O)c1ccc(-c2ccc(/C=N/NC(=O)c3cc(Br)ccc3OC)o2)cc1. The second-order valence-electron chi connectivity index (χ2n) is 6.04. The summed E-state index contributed by atoms with van der Waals surface area (Å²) < 4.78 is 16.6. The molecule has 0 atom stereocenters. The normalized spacial score (nSPS) is 10.8. The highest BCUT2D eigenvalue weighted by Gasteiger charge is 2.12. The molecule has 3 rings (SSSR count). The van der Waals surface area contributed by atoms with Crippen molar-refractivity contribution < 1.29 is 23.5 Å². The number of ether oxygens (including phenoxy) is 2. The molecular weight excluding hydrogens is 452 g/mol. The summed E-state index contributed by atoms with van der Waals surface area (Å²) in [4.78, 5) is 24.1. The van der Waals surface area contributed by atoms with Gasteiger partial charge in [-0.25, -0.2) is 10.2 Å². The molecule has 0 aliphatic rings. The lowest BCUT2D eigenvalue weighted by Crippen LogP contribution is -2.18. The number of hydrogen-bond donors (Lipinski definition) is 1. The van der Waals surface area contributed by atoms with E-state index in [4.69, 9.17) is 13.9 Å². The number of esters is 1. The fraction of sp³-hybridized carbons (Fsp3) is 0.136. The number of hydrogen-bond acceptors (Lipinski definition) is 6. The van der Waals surface area contributed by atoms with E-state index in [9.17, 15) is 9.59 Å². The molecule has 1 N–H and O–H groups in total. The molecule has 30 heavy (non-hydrogen) atoms. The smallest absolute Gasteiger partial charge is 0.338 e. The Balaban J connectivity index is 1.65. The Morgan fingerprint density at radius 2 is 1.90 bits per heavy atom. The first-order valence-electron chi connectivity index (χ1n) is 9.06. The molecule has 0 aliphatic heterocycles. The molecule has 0 spiro atoms. The molecule has 0 radical (unpaired) electrons. The van der Waals surface area contributed by atoms with E-state index in [1.165, 1.54) is 13.3 Å². The number of nitrogens with one attached hydrogen (secondary N) is 1. The van der Waals surface area contributed by atoms with Crippen LogP contribution >= 0.6 is 15.9 Å². The second-order valence-corrected chi connectivity index (χ2v) is 6.96. The number of benzene rings is 2. The minimum Gasteiger partial charge on any atom is -0.496 e. The van der Waals surface area contributed by atoms with Crippen molar-refractivity contribution in [2.45, 2.75) is 6.92 Å². The van der Waals surface area contributed by atoms with E-state index < -0.39 is 5.91 Å². The van der Waals surface area contributed by atoms with E-state index in [0.717, 1.165) is 10.0 Å². The predicted octanol–water partition coefficient (Wildman–Crippen LogP) is 4.66.